The van der Waals surface area contributed by atoms with Crippen LogP contribution < -0.4 is 10.2 Å². The maximum Gasteiger partial charge on any atom is 0.224 e. The summed E-state index contributed by atoms with van der Waals surface area (Å²) in [5.74, 6) is 0.641. The maximum absolute atomic E-state index is 13.1. The number of hydrogen-bond acceptors (Lipinski definition) is 3. The maximum atomic E-state index is 13.1. The lowest BCUT2D eigenvalue weighted by atomic mass is 10.0. The number of aromatic amines is 1. The Bertz CT molecular complexity index is 923. The number of amides is 1. The minimum absolute atomic E-state index is 0.0482. The SMILES string of the molecule is O=C(Cc1ccccc1)NC1CCCN(c2cc(-c3ccc(F)cc3)[nH]n2)C1. The number of halogens is 1. The van der Waals surface area contributed by atoms with Crippen molar-refractivity contribution in [3.8, 4) is 11.3 Å². The van der Waals surface area contributed by atoms with E-state index >= 15 is 0 Å². The molecule has 28 heavy (non-hydrogen) atoms. The third-order valence-electron chi connectivity index (χ3n) is 5.04. The first-order valence-corrected chi connectivity index (χ1v) is 9.57. The lowest BCUT2D eigenvalue weighted by Crippen LogP contribution is -2.48. The van der Waals surface area contributed by atoms with E-state index in [4.69, 9.17) is 0 Å². The van der Waals surface area contributed by atoms with Crippen molar-refractivity contribution in [2.45, 2.75) is 25.3 Å². The van der Waals surface area contributed by atoms with Gasteiger partial charge in [-0.15, -0.1) is 0 Å². The molecule has 1 atom stereocenters. The zero-order valence-corrected chi connectivity index (χ0v) is 15.6. The number of carbonyl (C=O) groups is 1. The minimum atomic E-state index is -0.256. The highest BCUT2D eigenvalue weighted by Gasteiger charge is 2.23. The summed E-state index contributed by atoms with van der Waals surface area (Å²) in [6.45, 7) is 1.63. The standard InChI is InChI=1S/C22H23FN4O/c23-18-10-8-17(9-11-18)20-14-21(26-25-20)27-12-4-7-19(15-27)24-22(28)13-16-5-2-1-3-6-16/h1-3,5-6,8-11,14,19H,4,7,12-13,15H2,(H,24,28)(H,25,26). The molecule has 1 aromatic heterocycles. The van der Waals surface area contributed by atoms with Crippen LogP contribution in [0.1, 0.15) is 18.4 Å². The molecule has 2 aromatic carbocycles. The number of hydrogen-bond donors (Lipinski definition) is 2. The van der Waals surface area contributed by atoms with Crippen molar-refractivity contribution >= 4 is 11.7 Å². The third-order valence-corrected chi connectivity index (χ3v) is 5.04. The first-order valence-electron chi connectivity index (χ1n) is 9.57. The number of piperidine rings is 1. The summed E-state index contributed by atoms with van der Waals surface area (Å²) < 4.78 is 13.1. The van der Waals surface area contributed by atoms with Crippen LogP contribution >= 0.6 is 0 Å². The summed E-state index contributed by atoms with van der Waals surface area (Å²) in [5.41, 5.74) is 2.76. The summed E-state index contributed by atoms with van der Waals surface area (Å²) >= 11 is 0. The van der Waals surface area contributed by atoms with Gasteiger partial charge in [-0.2, -0.15) is 5.10 Å². The van der Waals surface area contributed by atoms with E-state index in [1.54, 1.807) is 12.1 Å². The molecule has 6 heteroatoms. The van der Waals surface area contributed by atoms with Crippen molar-refractivity contribution < 1.29 is 9.18 Å². The second-order valence-corrected chi connectivity index (χ2v) is 7.16. The van der Waals surface area contributed by atoms with Crippen LogP contribution in [0.2, 0.25) is 0 Å². The number of anilines is 1. The molecule has 0 aliphatic carbocycles. The zero-order chi connectivity index (χ0) is 19.3. The molecule has 4 rings (SSSR count). The van der Waals surface area contributed by atoms with Gasteiger partial charge in [0, 0.05) is 25.2 Å². The number of aromatic nitrogens is 2. The number of H-pyrrole nitrogens is 1. The fourth-order valence-corrected chi connectivity index (χ4v) is 3.61. The summed E-state index contributed by atoms with van der Waals surface area (Å²) in [4.78, 5) is 14.5. The van der Waals surface area contributed by atoms with Gasteiger partial charge in [0.1, 0.15) is 5.82 Å². The highest BCUT2D eigenvalue weighted by Crippen LogP contribution is 2.24. The molecule has 0 saturated carbocycles. The van der Waals surface area contributed by atoms with Crippen LogP contribution in [0.3, 0.4) is 0 Å². The van der Waals surface area contributed by atoms with Gasteiger partial charge in [0.15, 0.2) is 5.82 Å². The van der Waals surface area contributed by atoms with Crippen molar-refractivity contribution in [2.75, 3.05) is 18.0 Å². The third kappa shape index (κ3) is 4.39. The molecule has 1 saturated heterocycles. The fraction of sp³-hybridized carbons (Fsp3) is 0.273. The number of carbonyl (C=O) groups excluding carboxylic acids is 1. The van der Waals surface area contributed by atoms with Gasteiger partial charge in [-0.3, -0.25) is 9.89 Å². The number of rotatable bonds is 5. The Kier molecular flexibility index (Phi) is 5.37. The second-order valence-electron chi connectivity index (χ2n) is 7.16. The van der Waals surface area contributed by atoms with Gasteiger partial charge in [0.25, 0.3) is 0 Å². The highest BCUT2D eigenvalue weighted by atomic mass is 19.1. The monoisotopic (exact) mass is 378 g/mol. The van der Waals surface area contributed by atoms with Crippen molar-refractivity contribution in [1.29, 1.82) is 0 Å². The highest BCUT2D eigenvalue weighted by molar-refractivity contribution is 5.79. The molecule has 2 N–H and O–H groups in total. The summed E-state index contributed by atoms with van der Waals surface area (Å²) in [6.07, 6.45) is 2.36. The lowest BCUT2D eigenvalue weighted by molar-refractivity contribution is -0.121. The molecule has 1 aliphatic rings. The summed E-state index contributed by atoms with van der Waals surface area (Å²) in [6, 6.07) is 18.2. The van der Waals surface area contributed by atoms with Crippen molar-refractivity contribution in [3.63, 3.8) is 0 Å². The van der Waals surface area contributed by atoms with Crippen LogP contribution in [0.5, 0.6) is 0 Å². The van der Waals surface area contributed by atoms with E-state index in [1.165, 1.54) is 12.1 Å². The molecular weight excluding hydrogens is 355 g/mol. The Morgan fingerprint density at radius 1 is 1.18 bits per heavy atom. The molecule has 0 bridgehead atoms. The number of benzene rings is 2. The fourth-order valence-electron chi connectivity index (χ4n) is 3.61. The van der Waals surface area contributed by atoms with Crippen molar-refractivity contribution in [3.05, 3.63) is 72.0 Å². The summed E-state index contributed by atoms with van der Waals surface area (Å²) in [7, 11) is 0. The van der Waals surface area contributed by atoms with Gasteiger partial charge < -0.3 is 10.2 Å². The molecule has 0 spiro atoms. The first kappa shape index (κ1) is 18.2. The van der Waals surface area contributed by atoms with E-state index < -0.39 is 0 Å². The topological polar surface area (TPSA) is 61.0 Å². The Labute approximate surface area is 163 Å². The van der Waals surface area contributed by atoms with Gasteiger partial charge in [-0.25, -0.2) is 4.39 Å². The quantitative estimate of drug-likeness (QED) is 0.714. The normalized spacial score (nSPS) is 16.8. The van der Waals surface area contributed by atoms with E-state index in [-0.39, 0.29) is 17.8 Å². The Morgan fingerprint density at radius 3 is 2.75 bits per heavy atom. The molecule has 2 heterocycles. The van der Waals surface area contributed by atoms with Gasteiger partial charge in [0.05, 0.1) is 12.1 Å². The van der Waals surface area contributed by atoms with Crippen LogP contribution in [-0.4, -0.2) is 35.2 Å². The van der Waals surface area contributed by atoms with Crippen LogP contribution in [0.15, 0.2) is 60.7 Å². The van der Waals surface area contributed by atoms with Crippen LogP contribution in [0.25, 0.3) is 11.3 Å². The first-order chi connectivity index (χ1) is 13.7. The van der Waals surface area contributed by atoms with Crippen LogP contribution in [0.4, 0.5) is 10.2 Å². The van der Waals surface area contributed by atoms with Gasteiger partial charge in [-0.05, 0) is 48.2 Å². The average molecular weight is 378 g/mol. The molecule has 1 unspecified atom stereocenters. The Morgan fingerprint density at radius 2 is 1.96 bits per heavy atom. The molecule has 3 aromatic rings. The average Bonchev–Trinajstić information content (AvgIpc) is 3.20. The molecule has 1 fully saturated rings. The predicted octanol–water partition coefficient (Wildman–Crippen LogP) is 3.54. The molecule has 5 nitrogen and oxygen atoms in total. The van der Waals surface area contributed by atoms with E-state index in [2.05, 4.69) is 20.4 Å². The molecule has 1 aliphatic heterocycles. The molecule has 0 radical (unpaired) electrons. The van der Waals surface area contributed by atoms with Crippen molar-refractivity contribution in [2.24, 2.45) is 0 Å². The van der Waals surface area contributed by atoms with E-state index in [0.717, 1.165) is 48.6 Å². The summed E-state index contributed by atoms with van der Waals surface area (Å²) in [5, 5.41) is 10.6. The lowest BCUT2D eigenvalue weighted by Gasteiger charge is -2.33. The van der Waals surface area contributed by atoms with E-state index in [9.17, 15) is 9.18 Å². The Balaban J connectivity index is 1.37. The zero-order valence-electron chi connectivity index (χ0n) is 15.6. The van der Waals surface area contributed by atoms with Gasteiger partial charge >= 0.3 is 0 Å². The van der Waals surface area contributed by atoms with Gasteiger partial charge in [-0.1, -0.05) is 30.3 Å². The van der Waals surface area contributed by atoms with Gasteiger partial charge in [0.2, 0.25) is 5.91 Å². The van der Waals surface area contributed by atoms with E-state index in [1.807, 2.05) is 36.4 Å². The molecule has 144 valence electrons. The largest absolute Gasteiger partial charge is 0.353 e. The Hall–Kier alpha value is -3.15. The molecular formula is C22H23FN4O. The number of nitrogens with one attached hydrogen (secondary N) is 2. The van der Waals surface area contributed by atoms with Crippen molar-refractivity contribution in [1.82, 2.24) is 15.5 Å². The minimum Gasteiger partial charge on any atom is -0.353 e. The van der Waals surface area contributed by atoms with Crippen LogP contribution in [-0.2, 0) is 11.2 Å². The van der Waals surface area contributed by atoms with E-state index in [0.29, 0.717) is 6.42 Å². The second kappa shape index (κ2) is 8.25. The predicted molar refractivity (Wildman–Crippen MR) is 108 cm³/mol. The smallest absolute Gasteiger partial charge is 0.224 e. The molecule has 1 amide bonds. The number of nitrogens with zero attached hydrogens (tertiary/aromatic N) is 2. The van der Waals surface area contributed by atoms with Crippen LogP contribution in [0, 0.1) is 5.82 Å².